The molecule has 3 nitrogen and oxygen atoms in total. The Morgan fingerprint density at radius 2 is 0.800 bits per heavy atom. The zero-order chi connectivity index (χ0) is 2.00. The van der Waals surface area contributed by atoms with Crippen LogP contribution in [0.1, 0.15) is 0 Å². The molecule has 0 bridgehead atoms. The van der Waals surface area contributed by atoms with E-state index in [0.29, 0.717) is 0 Å². The first-order valence-corrected chi connectivity index (χ1v) is 2.94. The third-order valence-corrected chi connectivity index (χ3v) is 0. The molecule has 0 spiro atoms. The summed E-state index contributed by atoms with van der Waals surface area (Å²) in [4.78, 5) is 0. The van der Waals surface area contributed by atoms with Gasteiger partial charge in [0.15, 0.2) is 0 Å². The molecule has 0 fully saturated rings. The number of rotatable bonds is 0. The molecule has 5 heteroatoms. The van der Waals surface area contributed by atoms with Crippen LogP contribution in [0.5, 0.6) is 0 Å². The fraction of sp³-hybridized carbons (Fsp3) is 0. The van der Waals surface area contributed by atoms with E-state index in [1.807, 2.05) is 0 Å². The van der Waals surface area contributed by atoms with Gasteiger partial charge in [0.1, 0.15) is 0 Å². The first kappa shape index (κ1) is 40.0. The van der Waals surface area contributed by atoms with Crippen LogP contribution in [0.2, 0.25) is 0 Å². The Morgan fingerprint density at radius 3 is 0.800 bits per heavy atom. The van der Waals surface area contributed by atoms with Crippen molar-refractivity contribution in [1.29, 1.82) is 0 Å². The molecular formula is H6ClN3Pt-3. The molecule has 0 aromatic carbocycles. The molecule has 0 rings (SSSR count). The van der Waals surface area contributed by atoms with Crippen molar-refractivity contribution in [2.45, 2.75) is 0 Å². The molecule has 0 aliphatic heterocycles. The zero-order valence-electron chi connectivity index (χ0n) is 2.43. The molecule has 0 aliphatic carbocycles. The minimum Gasteiger partial charge on any atom is -0.693 e. The smallest absolute Gasteiger partial charge is 0.693 e. The fourth-order valence-electron chi connectivity index (χ4n) is 0. The minimum atomic E-state index is 0. The van der Waals surface area contributed by atoms with Crippen LogP contribution in [0.4, 0.5) is 0 Å². The molecule has 0 radical (unpaired) electrons. The van der Waals surface area contributed by atoms with E-state index in [0.717, 1.165) is 0 Å². The molecule has 0 unspecified atom stereocenters. The Hall–Kier alpha value is 0.858. The van der Waals surface area contributed by atoms with Gasteiger partial charge in [-0.1, -0.05) is 0 Å². The molecule has 0 heterocycles. The predicted octanol–water partition coefficient (Wildman–Crippen LogP) is 2.84. The standard InChI is InChI=1S/ClH.3H2N.Pt/h1H;3*1H2;/q;3*-1;+1/p-1. The van der Waals surface area contributed by atoms with E-state index in [-0.39, 0.29) is 18.5 Å². The largest absolute Gasteiger partial charge is 0.693 e. The number of nitrogens with two attached hydrogens (primary N) is 3. The van der Waals surface area contributed by atoms with Crippen molar-refractivity contribution < 1.29 is 18.8 Å². The molecule has 0 aliphatic rings. The predicted molar refractivity (Wildman–Crippen MR) is 21.7 cm³/mol. The summed E-state index contributed by atoms with van der Waals surface area (Å²) in [7, 11) is 4.61. The van der Waals surface area contributed by atoms with Gasteiger partial charge in [0.2, 0.25) is 0 Å². The van der Waals surface area contributed by atoms with Gasteiger partial charge >= 0.3 is 28.2 Å². The van der Waals surface area contributed by atoms with Crippen molar-refractivity contribution in [2.75, 3.05) is 0 Å². The van der Waals surface area contributed by atoms with Gasteiger partial charge in [0.25, 0.3) is 0 Å². The van der Waals surface area contributed by atoms with E-state index < -0.39 is 0 Å². The number of hydrogen-bond acceptors (Lipinski definition) is 0. The van der Waals surface area contributed by atoms with Crippen LogP contribution in [-0.2, 0) is 18.8 Å². The Labute approximate surface area is 47.0 Å². The monoisotopic (exact) mass is 278 g/mol. The number of halogens is 1. The molecule has 5 heavy (non-hydrogen) atoms. The van der Waals surface area contributed by atoms with Crippen LogP contribution in [0, 0.1) is 0 Å². The molecular weight excluding hydrogens is 273 g/mol. The molecule has 41 valence electrons. The first-order chi connectivity index (χ1) is 1.00. The van der Waals surface area contributed by atoms with Gasteiger partial charge < -0.3 is 18.5 Å². The topological polar surface area (TPSA) is 100 Å². The van der Waals surface area contributed by atoms with Gasteiger partial charge in [-0.25, -0.2) is 0 Å². The molecule has 0 atom stereocenters. The summed E-state index contributed by atoms with van der Waals surface area (Å²) in [5, 5.41) is 0. The van der Waals surface area contributed by atoms with Crippen molar-refractivity contribution in [3.8, 4) is 0 Å². The zero-order valence-corrected chi connectivity index (χ0v) is 5.45. The second-order valence-electron chi connectivity index (χ2n) is 0. The van der Waals surface area contributed by atoms with Gasteiger partial charge in [-0.05, 0) is 0 Å². The van der Waals surface area contributed by atoms with E-state index in [1.165, 1.54) is 0 Å². The summed E-state index contributed by atoms with van der Waals surface area (Å²) in [6, 6.07) is 0. The van der Waals surface area contributed by atoms with E-state index in [2.05, 4.69) is 9.42 Å². The van der Waals surface area contributed by atoms with Gasteiger partial charge in [0, 0.05) is 0 Å². The molecule has 0 amide bonds. The maximum Gasteiger partial charge on any atom is -0.693 e. The summed E-state index contributed by atoms with van der Waals surface area (Å²) in [6.07, 6.45) is 0. The van der Waals surface area contributed by atoms with Crippen molar-refractivity contribution in [3.63, 3.8) is 0 Å². The first-order valence-electron chi connectivity index (χ1n) is 0.120. The Morgan fingerprint density at radius 1 is 0.800 bits per heavy atom. The van der Waals surface area contributed by atoms with Crippen LogP contribution < -0.4 is 0 Å². The Bertz CT molecular complexity index is 6.85. The quantitative estimate of drug-likeness (QED) is 0.650. The van der Waals surface area contributed by atoms with Crippen molar-refractivity contribution >= 4 is 9.42 Å². The number of hydrogen-bond donors (Lipinski definition) is 0. The summed E-state index contributed by atoms with van der Waals surface area (Å²) < 4.78 is 0. The summed E-state index contributed by atoms with van der Waals surface area (Å²) in [5.74, 6) is 0. The molecule has 0 aromatic heterocycles. The summed E-state index contributed by atoms with van der Waals surface area (Å²) in [6.45, 7) is 0. The van der Waals surface area contributed by atoms with Crippen molar-refractivity contribution in [1.82, 2.24) is 0 Å². The van der Waals surface area contributed by atoms with Gasteiger partial charge in [-0.15, -0.1) is 0 Å². The van der Waals surface area contributed by atoms with E-state index in [9.17, 15) is 0 Å². The van der Waals surface area contributed by atoms with Crippen molar-refractivity contribution in [3.05, 3.63) is 18.5 Å². The maximum atomic E-state index is 4.61. The van der Waals surface area contributed by atoms with Crippen LogP contribution in [0.25, 0.3) is 18.5 Å². The molecule has 0 saturated carbocycles. The van der Waals surface area contributed by atoms with E-state index in [1.54, 1.807) is 18.8 Å². The van der Waals surface area contributed by atoms with Gasteiger partial charge in [0.05, 0.1) is 0 Å². The van der Waals surface area contributed by atoms with Crippen molar-refractivity contribution in [2.24, 2.45) is 0 Å². The van der Waals surface area contributed by atoms with Gasteiger partial charge in [-0.3, -0.25) is 0 Å². The van der Waals surface area contributed by atoms with Crippen LogP contribution >= 0.6 is 9.42 Å². The molecule has 6 N–H and O–H groups in total. The van der Waals surface area contributed by atoms with Crippen LogP contribution in [-0.4, -0.2) is 0 Å². The molecule has 0 saturated heterocycles. The fourth-order valence-corrected chi connectivity index (χ4v) is 0. The normalized spacial score (nSPS) is 1.40. The Kier molecular flexibility index (Phi) is 786. The van der Waals surface area contributed by atoms with Gasteiger partial charge in [-0.2, -0.15) is 0 Å². The van der Waals surface area contributed by atoms with E-state index >= 15 is 0 Å². The van der Waals surface area contributed by atoms with Crippen LogP contribution in [0.15, 0.2) is 0 Å². The average Bonchev–Trinajstić information content (AvgIpc) is 1.00. The third-order valence-electron chi connectivity index (χ3n) is 0. The average molecular weight is 279 g/mol. The summed E-state index contributed by atoms with van der Waals surface area (Å²) >= 11 is 1.61. The SMILES string of the molecule is [Cl][Pt].[NH2-].[NH2-].[NH2-]. The second kappa shape index (κ2) is 98.2. The summed E-state index contributed by atoms with van der Waals surface area (Å²) in [5.41, 5.74) is 0. The second-order valence-corrected chi connectivity index (χ2v) is 0. The maximum absolute atomic E-state index is 4.61. The molecule has 0 aromatic rings. The Balaban J connectivity index is -0.00000000167. The van der Waals surface area contributed by atoms with E-state index in [4.69, 9.17) is 0 Å². The third kappa shape index (κ3) is 53.9. The van der Waals surface area contributed by atoms with Crippen LogP contribution in [0.3, 0.4) is 0 Å². The minimum absolute atomic E-state index is 0.